The highest BCUT2D eigenvalue weighted by Crippen LogP contribution is 2.47. The molecule has 2 heterocycles. The van der Waals surface area contributed by atoms with E-state index in [0.717, 1.165) is 24.4 Å². The van der Waals surface area contributed by atoms with Crippen LogP contribution in [0.3, 0.4) is 0 Å². The molecule has 1 aliphatic carbocycles. The monoisotopic (exact) mass is 228 g/mol. The van der Waals surface area contributed by atoms with E-state index >= 15 is 0 Å². The van der Waals surface area contributed by atoms with Crippen LogP contribution in [0.4, 0.5) is 11.4 Å². The molecule has 2 nitrogen and oxygen atoms in total. The number of hydrogen-bond acceptors (Lipinski definition) is 2. The zero-order valence-electron chi connectivity index (χ0n) is 10.4. The number of aryl methyl sites for hydroxylation is 1. The predicted molar refractivity (Wildman–Crippen MR) is 71.6 cm³/mol. The molecule has 1 aromatic carbocycles. The largest absolute Gasteiger partial charge is 0.381 e. The summed E-state index contributed by atoms with van der Waals surface area (Å²) in [5.41, 5.74) is 4.17. The standard InChI is InChI=1S/C15H20N2/c1-10-5-6-13-14(7-10)17-9-11-3-2-4-12(11)15(17)8-16-13/h5-7,11-12,15-16H,2-4,8-9H2,1H3. The molecule has 3 atom stereocenters. The minimum atomic E-state index is 0.761. The van der Waals surface area contributed by atoms with E-state index in [1.165, 1.54) is 42.7 Å². The van der Waals surface area contributed by atoms with E-state index in [9.17, 15) is 0 Å². The zero-order valence-corrected chi connectivity index (χ0v) is 10.4. The summed E-state index contributed by atoms with van der Waals surface area (Å²) in [6.45, 7) is 4.64. The van der Waals surface area contributed by atoms with Gasteiger partial charge in [-0.2, -0.15) is 0 Å². The lowest BCUT2D eigenvalue weighted by Gasteiger charge is -2.36. The molecule has 1 aromatic rings. The molecular weight excluding hydrogens is 208 g/mol. The molecule has 1 saturated carbocycles. The van der Waals surface area contributed by atoms with Crippen molar-refractivity contribution in [1.82, 2.24) is 0 Å². The number of fused-ring (bicyclic) bond motifs is 5. The van der Waals surface area contributed by atoms with Crippen LogP contribution in [0.5, 0.6) is 0 Å². The lowest BCUT2D eigenvalue weighted by molar-refractivity contribution is 0.429. The highest BCUT2D eigenvalue weighted by molar-refractivity contribution is 5.74. The number of rotatable bonds is 0. The number of anilines is 2. The van der Waals surface area contributed by atoms with Crippen molar-refractivity contribution in [3.63, 3.8) is 0 Å². The first-order valence-electron chi connectivity index (χ1n) is 6.94. The van der Waals surface area contributed by atoms with E-state index in [1.54, 1.807) is 0 Å². The van der Waals surface area contributed by atoms with Crippen molar-refractivity contribution < 1.29 is 0 Å². The zero-order chi connectivity index (χ0) is 11.4. The molecule has 0 aromatic heterocycles. The van der Waals surface area contributed by atoms with E-state index in [2.05, 4.69) is 35.3 Å². The lowest BCUT2D eigenvalue weighted by Crippen LogP contribution is -2.42. The van der Waals surface area contributed by atoms with Crippen LogP contribution in [0.2, 0.25) is 0 Å². The summed E-state index contributed by atoms with van der Waals surface area (Å²) in [6, 6.07) is 7.57. The van der Waals surface area contributed by atoms with Crippen molar-refractivity contribution in [1.29, 1.82) is 0 Å². The summed E-state index contributed by atoms with van der Waals surface area (Å²) < 4.78 is 0. The molecule has 4 rings (SSSR count). The number of nitrogens with one attached hydrogen (secondary N) is 1. The fourth-order valence-corrected chi connectivity index (χ4v) is 4.20. The van der Waals surface area contributed by atoms with E-state index < -0.39 is 0 Å². The van der Waals surface area contributed by atoms with Gasteiger partial charge in [0.15, 0.2) is 0 Å². The first-order valence-corrected chi connectivity index (χ1v) is 6.94. The van der Waals surface area contributed by atoms with Crippen LogP contribution >= 0.6 is 0 Å². The van der Waals surface area contributed by atoms with Gasteiger partial charge < -0.3 is 10.2 Å². The van der Waals surface area contributed by atoms with Crippen molar-refractivity contribution in [3.8, 4) is 0 Å². The van der Waals surface area contributed by atoms with Gasteiger partial charge >= 0.3 is 0 Å². The van der Waals surface area contributed by atoms with Crippen molar-refractivity contribution in [3.05, 3.63) is 23.8 Å². The van der Waals surface area contributed by atoms with Gasteiger partial charge in [0.05, 0.1) is 11.4 Å². The molecule has 1 saturated heterocycles. The quantitative estimate of drug-likeness (QED) is 0.734. The fraction of sp³-hybridized carbons (Fsp3) is 0.600. The van der Waals surface area contributed by atoms with E-state index in [-0.39, 0.29) is 0 Å². The summed E-state index contributed by atoms with van der Waals surface area (Å²) in [4.78, 5) is 2.69. The first kappa shape index (κ1) is 9.81. The van der Waals surface area contributed by atoms with Crippen LogP contribution in [0.15, 0.2) is 18.2 Å². The van der Waals surface area contributed by atoms with Gasteiger partial charge in [0.2, 0.25) is 0 Å². The average molecular weight is 228 g/mol. The summed E-state index contributed by atoms with van der Waals surface area (Å²) in [5.74, 6) is 1.92. The van der Waals surface area contributed by atoms with Gasteiger partial charge in [-0.15, -0.1) is 0 Å². The second-order valence-corrected chi connectivity index (χ2v) is 5.98. The van der Waals surface area contributed by atoms with Gasteiger partial charge in [0.1, 0.15) is 0 Å². The molecule has 1 N–H and O–H groups in total. The van der Waals surface area contributed by atoms with Crippen LogP contribution < -0.4 is 10.2 Å². The van der Waals surface area contributed by atoms with E-state index in [0.29, 0.717) is 0 Å². The van der Waals surface area contributed by atoms with Crippen molar-refractivity contribution in [2.75, 3.05) is 23.3 Å². The Morgan fingerprint density at radius 1 is 1.29 bits per heavy atom. The molecule has 0 spiro atoms. The number of hydrogen-bond donors (Lipinski definition) is 1. The van der Waals surface area contributed by atoms with Crippen LogP contribution in [0.1, 0.15) is 24.8 Å². The van der Waals surface area contributed by atoms with Crippen LogP contribution in [-0.4, -0.2) is 19.1 Å². The minimum Gasteiger partial charge on any atom is -0.381 e. The Kier molecular flexibility index (Phi) is 1.97. The van der Waals surface area contributed by atoms with Crippen LogP contribution in [-0.2, 0) is 0 Å². The Labute approximate surface area is 103 Å². The molecule has 90 valence electrons. The minimum absolute atomic E-state index is 0.761. The molecular formula is C15H20N2. The summed E-state index contributed by atoms with van der Waals surface area (Å²) in [7, 11) is 0. The van der Waals surface area contributed by atoms with Gasteiger partial charge in [-0.05, 0) is 49.3 Å². The van der Waals surface area contributed by atoms with Gasteiger partial charge in [-0.25, -0.2) is 0 Å². The molecule has 0 radical (unpaired) electrons. The Bertz CT molecular complexity index is 454. The summed E-state index contributed by atoms with van der Waals surface area (Å²) >= 11 is 0. The Morgan fingerprint density at radius 2 is 2.24 bits per heavy atom. The van der Waals surface area contributed by atoms with E-state index in [4.69, 9.17) is 0 Å². The molecule has 2 heteroatoms. The Morgan fingerprint density at radius 3 is 3.18 bits per heavy atom. The third-order valence-corrected chi connectivity index (χ3v) is 5.01. The molecule has 3 unspecified atom stereocenters. The van der Waals surface area contributed by atoms with Gasteiger partial charge in [-0.3, -0.25) is 0 Å². The molecule has 17 heavy (non-hydrogen) atoms. The van der Waals surface area contributed by atoms with Crippen molar-refractivity contribution in [2.45, 2.75) is 32.2 Å². The average Bonchev–Trinajstić information content (AvgIpc) is 2.88. The molecule has 0 amide bonds. The van der Waals surface area contributed by atoms with Gasteiger partial charge in [0, 0.05) is 19.1 Å². The topological polar surface area (TPSA) is 15.3 Å². The first-order chi connectivity index (χ1) is 8.33. The summed E-state index contributed by atoms with van der Waals surface area (Å²) in [5, 5.41) is 3.63. The molecule has 3 aliphatic rings. The maximum Gasteiger partial charge on any atom is 0.0608 e. The molecule has 2 fully saturated rings. The highest BCUT2D eigenvalue weighted by Gasteiger charge is 2.45. The second kappa shape index (κ2) is 3.41. The predicted octanol–water partition coefficient (Wildman–Crippen LogP) is 3.03. The van der Waals surface area contributed by atoms with Crippen molar-refractivity contribution >= 4 is 11.4 Å². The smallest absolute Gasteiger partial charge is 0.0608 e. The normalized spacial score (nSPS) is 33.9. The molecule has 2 aliphatic heterocycles. The van der Waals surface area contributed by atoms with E-state index in [1.807, 2.05) is 0 Å². The van der Waals surface area contributed by atoms with Crippen LogP contribution in [0.25, 0.3) is 0 Å². The second-order valence-electron chi connectivity index (χ2n) is 5.98. The Balaban J connectivity index is 1.75. The van der Waals surface area contributed by atoms with Gasteiger partial charge in [-0.1, -0.05) is 12.5 Å². The summed E-state index contributed by atoms with van der Waals surface area (Å²) in [6.07, 6.45) is 4.37. The highest BCUT2D eigenvalue weighted by atomic mass is 15.3. The maximum absolute atomic E-state index is 3.63. The SMILES string of the molecule is Cc1ccc2c(c1)N1CC3CCCC3C1CN2. The maximum atomic E-state index is 3.63. The van der Waals surface area contributed by atoms with Crippen molar-refractivity contribution in [2.24, 2.45) is 11.8 Å². The molecule has 0 bridgehead atoms. The fourth-order valence-electron chi connectivity index (χ4n) is 4.20. The lowest BCUT2D eigenvalue weighted by atomic mass is 9.93. The number of nitrogens with zero attached hydrogens (tertiary/aromatic N) is 1. The number of benzene rings is 1. The Hall–Kier alpha value is -1.18. The van der Waals surface area contributed by atoms with Crippen LogP contribution in [0, 0.1) is 18.8 Å². The third-order valence-electron chi connectivity index (χ3n) is 5.01. The third kappa shape index (κ3) is 1.33. The van der Waals surface area contributed by atoms with Gasteiger partial charge in [0.25, 0.3) is 0 Å².